The minimum absolute atomic E-state index is 0.277. The van der Waals surface area contributed by atoms with Crippen LogP contribution >= 0.6 is 34.7 Å². The topological polar surface area (TPSA) is 6.48 Å². The first-order valence-corrected chi connectivity index (χ1v) is 11.5. The van der Waals surface area contributed by atoms with Gasteiger partial charge in [0.25, 0.3) is 0 Å². The highest BCUT2D eigenvalue weighted by Gasteiger charge is 2.18. The van der Waals surface area contributed by atoms with Gasteiger partial charge in [-0.25, -0.2) is 4.39 Å². The molecule has 0 N–H and O–H groups in total. The van der Waals surface area contributed by atoms with Crippen LogP contribution in [-0.4, -0.2) is 43.4 Å². The molecule has 0 aliphatic carbocycles. The van der Waals surface area contributed by atoms with Crippen molar-refractivity contribution in [1.29, 1.82) is 0 Å². The van der Waals surface area contributed by atoms with E-state index >= 15 is 0 Å². The third-order valence-corrected chi connectivity index (χ3v) is 7.48. The number of rotatable bonds is 6. The molecule has 0 amide bonds. The van der Waals surface area contributed by atoms with Gasteiger partial charge in [0.15, 0.2) is 0 Å². The number of hydrogen-bond acceptors (Lipinski definition) is 4. The van der Waals surface area contributed by atoms with E-state index in [1.165, 1.54) is 27.9 Å². The van der Waals surface area contributed by atoms with Crippen LogP contribution in [0, 0.1) is 5.82 Å². The molecule has 27 heavy (non-hydrogen) atoms. The molecule has 0 atom stereocenters. The normalized spacial score (nSPS) is 15.6. The van der Waals surface area contributed by atoms with E-state index in [0.29, 0.717) is 5.02 Å². The number of thioether (sulfide) groups is 1. The minimum atomic E-state index is -0.277. The van der Waals surface area contributed by atoms with Crippen LogP contribution in [0.25, 0.3) is 10.1 Å². The lowest BCUT2D eigenvalue weighted by molar-refractivity contribution is 0.259. The average molecular weight is 421 g/mol. The summed E-state index contributed by atoms with van der Waals surface area (Å²) in [6.07, 6.45) is 1.11. The van der Waals surface area contributed by atoms with Crippen molar-refractivity contribution in [3.8, 4) is 0 Å². The lowest BCUT2D eigenvalue weighted by Crippen LogP contribution is -2.46. The van der Waals surface area contributed by atoms with Crippen LogP contribution in [-0.2, 0) is 0 Å². The molecule has 2 nitrogen and oxygen atoms in total. The number of halogens is 2. The van der Waals surface area contributed by atoms with Crippen LogP contribution in [0.5, 0.6) is 0 Å². The van der Waals surface area contributed by atoms with E-state index in [1.807, 2.05) is 11.3 Å². The first-order chi connectivity index (χ1) is 13.2. The monoisotopic (exact) mass is 420 g/mol. The highest BCUT2D eigenvalue weighted by molar-refractivity contribution is 7.99. The van der Waals surface area contributed by atoms with Crippen LogP contribution in [0.4, 0.5) is 10.1 Å². The van der Waals surface area contributed by atoms with Gasteiger partial charge in [-0.1, -0.05) is 23.7 Å². The van der Waals surface area contributed by atoms with Gasteiger partial charge in [-0.15, -0.1) is 23.1 Å². The van der Waals surface area contributed by atoms with Gasteiger partial charge in [0.1, 0.15) is 5.82 Å². The molecule has 0 spiro atoms. The molecule has 1 saturated heterocycles. The van der Waals surface area contributed by atoms with Crippen LogP contribution in [0.3, 0.4) is 0 Å². The first-order valence-electron chi connectivity index (χ1n) is 9.22. The van der Waals surface area contributed by atoms with Crippen molar-refractivity contribution >= 4 is 50.5 Å². The second kappa shape index (κ2) is 8.82. The maximum Gasteiger partial charge on any atom is 0.124 e. The Morgan fingerprint density at radius 1 is 1.07 bits per heavy atom. The summed E-state index contributed by atoms with van der Waals surface area (Å²) in [7, 11) is 0. The number of benzene rings is 2. The Kier molecular flexibility index (Phi) is 6.23. The van der Waals surface area contributed by atoms with Crippen LogP contribution in [0.1, 0.15) is 6.42 Å². The average Bonchev–Trinajstić information content (AvgIpc) is 3.16. The smallest absolute Gasteiger partial charge is 0.124 e. The molecule has 0 unspecified atom stereocenters. The minimum Gasteiger partial charge on any atom is -0.368 e. The van der Waals surface area contributed by atoms with Gasteiger partial charge in [0.05, 0.1) is 15.4 Å². The second-order valence-electron chi connectivity index (χ2n) is 6.72. The van der Waals surface area contributed by atoms with Gasteiger partial charge < -0.3 is 4.90 Å². The molecule has 3 aromatic rings. The van der Waals surface area contributed by atoms with E-state index in [1.54, 1.807) is 17.8 Å². The molecule has 0 bridgehead atoms. The largest absolute Gasteiger partial charge is 0.368 e. The van der Waals surface area contributed by atoms with Crippen LogP contribution in [0.15, 0.2) is 52.7 Å². The summed E-state index contributed by atoms with van der Waals surface area (Å²) in [5.74, 6) is 0.723. The highest BCUT2D eigenvalue weighted by atomic mass is 35.5. The Morgan fingerprint density at radius 2 is 1.93 bits per heavy atom. The number of thiophene rings is 1. The zero-order valence-electron chi connectivity index (χ0n) is 15.0. The zero-order valence-corrected chi connectivity index (χ0v) is 17.4. The van der Waals surface area contributed by atoms with E-state index < -0.39 is 0 Å². The van der Waals surface area contributed by atoms with Crippen molar-refractivity contribution in [1.82, 2.24) is 4.90 Å². The number of anilines is 1. The molecule has 0 saturated carbocycles. The quantitative estimate of drug-likeness (QED) is 0.356. The summed E-state index contributed by atoms with van der Waals surface area (Å²) in [6, 6.07) is 13.4. The summed E-state index contributed by atoms with van der Waals surface area (Å²) in [5, 5.41) is 4.03. The predicted octanol–water partition coefficient (Wildman–Crippen LogP) is 6.00. The molecule has 4 rings (SSSR count). The third-order valence-electron chi connectivity index (χ3n) is 4.94. The van der Waals surface area contributed by atoms with Crippen molar-refractivity contribution in [2.75, 3.05) is 43.4 Å². The summed E-state index contributed by atoms with van der Waals surface area (Å²) in [4.78, 5) is 6.02. The number of nitrogens with zero attached hydrogens (tertiary/aromatic N) is 2. The molecule has 1 fully saturated rings. The molecule has 6 heteroatoms. The molecule has 142 valence electrons. The molecule has 1 aliphatic rings. The lowest BCUT2D eigenvalue weighted by Gasteiger charge is -2.36. The van der Waals surface area contributed by atoms with Crippen molar-refractivity contribution in [2.24, 2.45) is 0 Å². The Hall–Kier alpha value is -1.27. The summed E-state index contributed by atoms with van der Waals surface area (Å²) >= 11 is 9.63. The van der Waals surface area contributed by atoms with Gasteiger partial charge in [-0.2, -0.15) is 0 Å². The highest BCUT2D eigenvalue weighted by Crippen LogP contribution is 2.32. The zero-order chi connectivity index (χ0) is 18.6. The fourth-order valence-electron chi connectivity index (χ4n) is 3.50. The van der Waals surface area contributed by atoms with E-state index in [2.05, 4.69) is 39.4 Å². The van der Waals surface area contributed by atoms with Crippen molar-refractivity contribution in [3.05, 3.63) is 58.7 Å². The molecule has 1 aliphatic heterocycles. The van der Waals surface area contributed by atoms with E-state index in [0.717, 1.165) is 49.8 Å². The molecular weight excluding hydrogens is 399 g/mol. The van der Waals surface area contributed by atoms with Gasteiger partial charge in [-0.05, 0) is 59.8 Å². The molecule has 2 heterocycles. The van der Waals surface area contributed by atoms with Gasteiger partial charge in [0, 0.05) is 31.1 Å². The molecule has 2 aromatic carbocycles. The third kappa shape index (κ3) is 4.60. The SMILES string of the molecule is Fc1ccc(SCCCN2CCN(c3cccc4ccsc34)CC2)c(Cl)c1. The Morgan fingerprint density at radius 3 is 2.74 bits per heavy atom. The fraction of sp³-hybridized carbons (Fsp3) is 0.333. The van der Waals surface area contributed by atoms with Crippen molar-refractivity contribution < 1.29 is 4.39 Å². The van der Waals surface area contributed by atoms with Gasteiger partial charge in [0.2, 0.25) is 0 Å². The van der Waals surface area contributed by atoms with Crippen LogP contribution in [0.2, 0.25) is 5.02 Å². The van der Waals surface area contributed by atoms with E-state index in [-0.39, 0.29) is 5.82 Å². The van der Waals surface area contributed by atoms with Crippen molar-refractivity contribution in [3.63, 3.8) is 0 Å². The second-order valence-corrected chi connectivity index (χ2v) is 9.18. The number of fused-ring (bicyclic) bond motifs is 1. The maximum atomic E-state index is 13.1. The lowest BCUT2D eigenvalue weighted by atomic mass is 10.2. The number of piperazine rings is 1. The Balaban J connectivity index is 1.23. The summed E-state index contributed by atoms with van der Waals surface area (Å²) in [6.45, 7) is 5.46. The van der Waals surface area contributed by atoms with Gasteiger partial charge in [-0.3, -0.25) is 4.90 Å². The predicted molar refractivity (Wildman–Crippen MR) is 117 cm³/mol. The maximum absolute atomic E-state index is 13.1. The molecule has 1 aromatic heterocycles. The van der Waals surface area contributed by atoms with E-state index in [9.17, 15) is 4.39 Å². The fourth-order valence-corrected chi connectivity index (χ4v) is 5.63. The summed E-state index contributed by atoms with van der Waals surface area (Å²) in [5.41, 5.74) is 1.38. The molecular formula is C21H22ClFN2S2. The van der Waals surface area contributed by atoms with Crippen LogP contribution < -0.4 is 4.90 Å². The number of hydrogen-bond donors (Lipinski definition) is 0. The van der Waals surface area contributed by atoms with Gasteiger partial charge >= 0.3 is 0 Å². The first kappa shape index (κ1) is 19.1. The van der Waals surface area contributed by atoms with Crippen molar-refractivity contribution in [2.45, 2.75) is 11.3 Å². The Bertz CT molecular complexity index is 906. The Labute approximate surface area is 172 Å². The summed E-state index contributed by atoms with van der Waals surface area (Å²) < 4.78 is 14.5. The standard InChI is InChI=1S/C21H22ClFN2S2/c22-18-15-17(23)5-6-20(18)26-13-2-8-24-9-11-25(12-10-24)19-4-1-3-16-7-14-27-21(16)19/h1,3-7,14-15H,2,8-13H2. The molecule has 0 radical (unpaired) electrons. The van der Waals surface area contributed by atoms with E-state index in [4.69, 9.17) is 11.6 Å².